The highest BCUT2D eigenvalue weighted by molar-refractivity contribution is 6.06. The maximum absolute atomic E-state index is 12.1. The molecule has 20 heavy (non-hydrogen) atoms. The van der Waals surface area contributed by atoms with Crippen LogP contribution in [-0.4, -0.2) is 22.1 Å². The Balaban J connectivity index is 2.29. The number of hydrogen-bond donors (Lipinski definition) is 2. The van der Waals surface area contributed by atoms with Crippen molar-refractivity contribution in [1.82, 2.24) is 5.16 Å². The maximum Gasteiger partial charge on any atom is 0.336 e. The molecule has 0 saturated carbocycles. The quantitative estimate of drug-likeness (QED) is 0.897. The average Bonchev–Trinajstić information content (AvgIpc) is 2.71. The predicted octanol–water partition coefficient (Wildman–Crippen LogP) is 2.55. The Labute approximate surface area is 115 Å². The number of aryl methyl sites for hydroxylation is 3. The number of carboxylic acid groups (broad SMARTS) is 1. The lowest BCUT2D eigenvalue weighted by Gasteiger charge is -2.07. The Hall–Kier alpha value is -2.63. The van der Waals surface area contributed by atoms with Gasteiger partial charge in [0.05, 0.1) is 11.3 Å². The van der Waals surface area contributed by atoms with Gasteiger partial charge in [-0.1, -0.05) is 11.2 Å². The minimum Gasteiger partial charge on any atom is -0.478 e. The van der Waals surface area contributed by atoms with E-state index in [1.807, 2.05) is 0 Å². The van der Waals surface area contributed by atoms with Gasteiger partial charge in [-0.2, -0.15) is 0 Å². The summed E-state index contributed by atoms with van der Waals surface area (Å²) in [4.78, 5) is 23.2. The molecule has 104 valence electrons. The molecule has 6 nitrogen and oxygen atoms in total. The first kappa shape index (κ1) is 13.8. The molecule has 0 unspecified atom stereocenters. The van der Waals surface area contributed by atoms with Crippen LogP contribution in [0.2, 0.25) is 0 Å². The number of nitrogens with zero attached hydrogens (tertiary/aromatic N) is 1. The van der Waals surface area contributed by atoms with E-state index < -0.39 is 5.97 Å². The van der Waals surface area contributed by atoms with Crippen LogP contribution in [0.5, 0.6) is 0 Å². The van der Waals surface area contributed by atoms with E-state index in [1.165, 1.54) is 6.07 Å². The van der Waals surface area contributed by atoms with Crippen LogP contribution in [0.25, 0.3) is 0 Å². The third-order valence-corrected chi connectivity index (χ3v) is 2.99. The number of rotatable bonds is 3. The second kappa shape index (κ2) is 5.16. The highest BCUT2D eigenvalue weighted by atomic mass is 16.5. The lowest BCUT2D eigenvalue weighted by atomic mass is 10.1. The van der Waals surface area contributed by atoms with Crippen LogP contribution in [-0.2, 0) is 0 Å². The maximum atomic E-state index is 12.1. The Kier molecular flexibility index (Phi) is 3.56. The van der Waals surface area contributed by atoms with E-state index in [9.17, 15) is 9.59 Å². The fourth-order valence-electron chi connectivity index (χ4n) is 1.93. The van der Waals surface area contributed by atoms with Gasteiger partial charge >= 0.3 is 5.97 Å². The zero-order chi connectivity index (χ0) is 14.9. The summed E-state index contributed by atoms with van der Waals surface area (Å²) < 4.78 is 4.93. The number of amides is 1. The molecule has 1 aromatic carbocycles. The van der Waals surface area contributed by atoms with Gasteiger partial charge in [0.25, 0.3) is 5.91 Å². The molecule has 2 N–H and O–H groups in total. The first-order valence-corrected chi connectivity index (χ1v) is 5.98. The van der Waals surface area contributed by atoms with Gasteiger partial charge in [0.15, 0.2) is 0 Å². The second-order valence-corrected chi connectivity index (χ2v) is 4.49. The zero-order valence-corrected chi connectivity index (χ0v) is 11.4. The molecule has 0 spiro atoms. The van der Waals surface area contributed by atoms with E-state index >= 15 is 0 Å². The fourth-order valence-corrected chi connectivity index (χ4v) is 1.93. The van der Waals surface area contributed by atoms with Gasteiger partial charge in [0, 0.05) is 5.69 Å². The van der Waals surface area contributed by atoms with Crippen LogP contribution < -0.4 is 5.32 Å². The van der Waals surface area contributed by atoms with E-state index in [0.29, 0.717) is 28.3 Å². The number of carbonyl (C=O) groups excluding carboxylic acids is 1. The minimum absolute atomic E-state index is 0.154. The number of benzene rings is 1. The first-order valence-electron chi connectivity index (χ1n) is 5.98. The fraction of sp³-hybridized carbons (Fsp3) is 0.214. The van der Waals surface area contributed by atoms with Crippen LogP contribution >= 0.6 is 0 Å². The topological polar surface area (TPSA) is 92.4 Å². The molecule has 1 amide bonds. The Morgan fingerprint density at radius 3 is 2.50 bits per heavy atom. The molecule has 0 atom stereocenters. The minimum atomic E-state index is -1.03. The van der Waals surface area contributed by atoms with Crippen LogP contribution in [0.15, 0.2) is 22.7 Å². The van der Waals surface area contributed by atoms with Crippen molar-refractivity contribution in [2.75, 3.05) is 5.32 Å². The van der Waals surface area contributed by atoms with Gasteiger partial charge < -0.3 is 14.9 Å². The summed E-state index contributed by atoms with van der Waals surface area (Å²) in [7, 11) is 0. The van der Waals surface area contributed by atoms with Crippen LogP contribution in [0.3, 0.4) is 0 Å². The normalized spacial score (nSPS) is 10.3. The smallest absolute Gasteiger partial charge is 0.336 e. The van der Waals surface area contributed by atoms with Gasteiger partial charge in [-0.25, -0.2) is 4.79 Å². The largest absolute Gasteiger partial charge is 0.478 e. The van der Waals surface area contributed by atoms with Crippen LogP contribution in [0.4, 0.5) is 5.69 Å². The third kappa shape index (κ3) is 2.54. The van der Waals surface area contributed by atoms with Gasteiger partial charge in [0.1, 0.15) is 11.3 Å². The van der Waals surface area contributed by atoms with Gasteiger partial charge in [-0.3, -0.25) is 4.79 Å². The molecule has 0 aliphatic rings. The Bertz CT molecular complexity index is 669. The van der Waals surface area contributed by atoms with Gasteiger partial charge in [-0.15, -0.1) is 0 Å². The molecular formula is C14H14N2O4. The highest BCUT2D eigenvalue weighted by Crippen LogP contribution is 2.18. The standard InChI is InChI=1S/C14H14N2O4/c1-7-4-5-10(6-11(7)14(18)19)15-13(17)12-8(2)16-20-9(12)3/h4-6H,1-3H3,(H,15,17)(H,18,19). The molecule has 0 radical (unpaired) electrons. The molecule has 0 bridgehead atoms. The van der Waals surface area contributed by atoms with Crippen LogP contribution in [0, 0.1) is 20.8 Å². The zero-order valence-electron chi connectivity index (χ0n) is 11.4. The van der Waals surface area contributed by atoms with E-state index in [2.05, 4.69) is 10.5 Å². The molecule has 1 heterocycles. The number of aromatic nitrogens is 1. The second-order valence-electron chi connectivity index (χ2n) is 4.49. The number of aromatic carboxylic acids is 1. The monoisotopic (exact) mass is 274 g/mol. The average molecular weight is 274 g/mol. The number of nitrogens with one attached hydrogen (secondary N) is 1. The van der Waals surface area contributed by atoms with Crippen LogP contribution in [0.1, 0.15) is 37.7 Å². The van der Waals surface area contributed by atoms with E-state index in [0.717, 1.165) is 0 Å². The number of anilines is 1. The Morgan fingerprint density at radius 2 is 1.95 bits per heavy atom. The molecule has 1 aromatic heterocycles. The van der Waals surface area contributed by atoms with Crippen molar-refractivity contribution in [3.63, 3.8) is 0 Å². The molecule has 0 aliphatic carbocycles. The molecule has 0 saturated heterocycles. The summed E-state index contributed by atoms with van der Waals surface area (Å²) in [5, 5.41) is 15.4. The lowest BCUT2D eigenvalue weighted by molar-refractivity contribution is 0.0695. The molecule has 0 fully saturated rings. The summed E-state index contributed by atoms with van der Waals surface area (Å²) in [5.74, 6) is -0.983. The highest BCUT2D eigenvalue weighted by Gasteiger charge is 2.18. The summed E-state index contributed by atoms with van der Waals surface area (Å²) in [6.07, 6.45) is 0. The lowest BCUT2D eigenvalue weighted by Crippen LogP contribution is -2.14. The van der Waals surface area contributed by atoms with Gasteiger partial charge in [0.2, 0.25) is 0 Å². The van der Waals surface area contributed by atoms with Crippen molar-refractivity contribution in [2.45, 2.75) is 20.8 Å². The third-order valence-electron chi connectivity index (χ3n) is 2.99. The van der Waals surface area contributed by atoms with E-state index in [1.54, 1.807) is 32.9 Å². The summed E-state index contributed by atoms with van der Waals surface area (Å²) >= 11 is 0. The molecule has 2 rings (SSSR count). The summed E-state index contributed by atoms with van der Waals surface area (Å²) in [6.45, 7) is 5.01. The summed E-state index contributed by atoms with van der Waals surface area (Å²) in [6, 6.07) is 4.72. The molecule has 2 aromatic rings. The van der Waals surface area contributed by atoms with Crippen molar-refractivity contribution in [2.24, 2.45) is 0 Å². The molecular weight excluding hydrogens is 260 g/mol. The SMILES string of the molecule is Cc1ccc(NC(=O)c2c(C)noc2C)cc1C(=O)O. The van der Waals surface area contributed by atoms with Crippen molar-refractivity contribution in [1.29, 1.82) is 0 Å². The number of hydrogen-bond acceptors (Lipinski definition) is 4. The van der Waals surface area contributed by atoms with Crippen molar-refractivity contribution in [3.05, 3.63) is 46.3 Å². The van der Waals surface area contributed by atoms with Gasteiger partial charge in [-0.05, 0) is 38.5 Å². The van der Waals surface area contributed by atoms with E-state index in [4.69, 9.17) is 9.63 Å². The number of carboxylic acids is 1. The molecule has 6 heteroatoms. The molecule has 0 aliphatic heterocycles. The van der Waals surface area contributed by atoms with E-state index in [-0.39, 0.29) is 11.5 Å². The predicted molar refractivity (Wildman–Crippen MR) is 72.1 cm³/mol. The van der Waals surface area contributed by atoms with Crippen molar-refractivity contribution < 1.29 is 19.2 Å². The Morgan fingerprint density at radius 1 is 1.25 bits per heavy atom. The van der Waals surface area contributed by atoms with Crippen molar-refractivity contribution >= 4 is 17.6 Å². The first-order chi connectivity index (χ1) is 9.40. The summed E-state index contributed by atoms with van der Waals surface area (Å²) in [5.41, 5.74) is 2.06. The number of carbonyl (C=O) groups is 2. The van der Waals surface area contributed by atoms with Crippen molar-refractivity contribution in [3.8, 4) is 0 Å².